The van der Waals surface area contributed by atoms with Crippen LogP contribution in [0.4, 0.5) is 24.5 Å². The van der Waals surface area contributed by atoms with Gasteiger partial charge in [-0.05, 0) is 50.2 Å². The highest BCUT2D eigenvalue weighted by Gasteiger charge is 2.30. The van der Waals surface area contributed by atoms with E-state index in [2.05, 4.69) is 10.2 Å². The molecule has 0 aliphatic carbocycles. The summed E-state index contributed by atoms with van der Waals surface area (Å²) in [7, 11) is 0. The lowest BCUT2D eigenvalue weighted by atomic mass is 10.1. The third-order valence-electron chi connectivity index (χ3n) is 5.34. The number of nitrogens with zero attached hydrogens (tertiary/aromatic N) is 1. The van der Waals surface area contributed by atoms with Crippen LogP contribution >= 0.6 is 0 Å². The number of anilines is 2. The Balaban J connectivity index is 1.58. The van der Waals surface area contributed by atoms with E-state index in [1.807, 2.05) is 12.1 Å². The molecule has 0 spiro atoms. The Bertz CT molecular complexity index is 910. The van der Waals surface area contributed by atoms with Crippen LogP contribution in [0.5, 0.6) is 0 Å². The summed E-state index contributed by atoms with van der Waals surface area (Å²) in [6, 6.07) is 8.71. The third kappa shape index (κ3) is 4.59. The first-order chi connectivity index (χ1) is 13.8. The van der Waals surface area contributed by atoms with Crippen LogP contribution in [-0.2, 0) is 4.79 Å². The van der Waals surface area contributed by atoms with Crippen LogP contribution in [0.1, 0.15) is 24.2 Å². The Morgan fingerprint density at radius 3 is 2.21 bits per heavy atom. The number of quaternary nitrogens is 1. The maximum atomic E-state index is 13.8. The molecule has 8 heteroatoms. The van der Waals surface area contributed by atoms with E-state index in [0.29, 0.717) is 31.7 Å². The molecule has 1 atom stereocenters. The predicted octanol–water partition coefficient (Wildman–Crippen LogP) is 2.04. The second-order valence-electron chi connectivity index (χ2n) is 7.18. The van der Waals surface area contributed by atoms with Crippen molar-refractivity contribution < 1.29 is 27.7 Å². The minimum atomic E-state index is -1.60. The quantitative estimate of drug-likeness (QED) is 0.590. The highest BCUT2D eigenvalue weighted by Crippen LogP contribution is 2.20. The maximum absolute atomic E-state index is 13.8. The summed E-state index contributed by atoms with van der Waals surface area (Å²) in [5.74, 6) is -4.74. The first-order valence-electron chi connectivity index (χ1n) is 9.43. The van der Waals surface area contributed by atoms with Crippen LogP contribution in [0.2, 0.25) is 0 Å². The van der Waals surface area contributed by atoms with Crippen molar-refractivity contribution in [2.24, 2.45) is 0 Å². The molecule has 1 saturated heterocycles. The molecule has 1 amide bonds. The smallest absolute Gasteiger partial charge is 0.282 e. The first-order valence-corrected chi connectivity index (χ1v) is 9.43. The largest absolute Gasteiger partial charge is 0.360 e. The van der Waals surface area contributed by atoms with E-state index >= 15 is 0 Å². The van der Waals surface area contributed by atoms with Crippen molar-refractivity contribution in [2.45, 2.75) is 19.9 Å². The molecule has 0 unspecified atom stereocenters. The lowest BCUT2D eigenvalue weighted by molar-refractivity contribution is -0.914. The standard InChI is InChI=1S/C21H22F3N3O2/c1-13(21(29)25-18-8-7-17(22)19(23)20(18)24)26-9-11-27(12-10-26)16-5-3-15(4-6-16)14(2)28/h3-8,13H,9-12H2,1-2H3,(H,25,29)/p+1/t13-/m0/s1. The van der Waals surface area contributed by atoms with Crippen molar-refractivity contribution in [3.63, 3.8) is 0 Å². The second-order valence-corrected chi connectivity index (χ2v) is 7.18. The molecule has 1 heterocycles. The highest BCUT2D eigenvalue weighted by molar-refractivity contribution is 5.94. The molecule has 5 nitrogen and oxygen atoms in total. The number of hydrogen-bond donors (Lipinski definition) is 2. The van der Waals surface area contributed by atoms with Gasteiger partial charge in [-0.25, -0.2) is 13.2 Å². The summed E-state index contributed by atoms with van der Waals surface area (Å²) in [5.41, 5.74) is 1.30. The Labute approximate surface area is 167 Å². The van der Waals surface area contributed by atoms with Gasteiger partial charge in [0.1, 0.15) is 0 Å². The van der Waals surface area contributed by atoms with Gasteiger partial charge in [0.05, 0.1) is 31.9 Å². The number of rotatable bonds is 5. The lowest BCUT2D eigenvalue weighted by Gasteiger charge is -2.36. The molecular weight excluding hydrogens is 383 g/mol. The van der Waals surface area contributed by atoms with Crippen LogP contribution in [-0.4, -0.2) is 43.9 Å². The summed E-state index contributed by atoms with van der Waals surface area (Å²) in [5, 5.41) is 2.35. The van der Waals surface area contributed by atoms with E-state index in [-0.39, 0.29) is 11.5 Å². The zero-order valence-corrected chi connectivity index (χ0v) is 16.3. The number of hydrogen-bond acceptors (Lipinski definition) is 3. The minimum Gasteiger partial charge on any atom is -0.360 e. The van der Waals surface area contributed by atoms with E-state index in [0.717, 1.165) is 22.7 Å². The van der Waals surface area contributed by atoms with Gasteiger partial charge in [0.2, 0.25) is 0 Å². The fourth-order valence-electron chi connectivity index (χ4n) is 3.44. The van der Waals surface area contributed by atoms with Crippen molar-refractivity contribution in [3.05, 3.63) is 59.4 Å². The molecule has 2 N–H and O–H groups in total. The Kier molecular flexibility index (Phi) is 6.22. The first kappa shape index (κ1) is 20.9. The number of carbonyl (C=O) groups is 2. The maximum Gasteiger partial charge on any atom is 0.282 e. The van der Waals surface area contributed by atoms with Crippen molar-refractivity contribution in [1.82, 2.24) is 0 Å². The molecule has 1 aliphatic rings. The Hall–Kier alpha value is -2.87. The Morgan fingerprint density at radius 2 is 1.62 bits per heavy atom. The summed E-state index contributed by atoms with van der Waals surface area (Å²) < 4.78 is 40.2. The lowest BCUT2D eigenvalue weighted by Crippen LogP contribution is -3.19. The van der Waals surface area contributed by atoms with E-state index in [1.54, 1.807) is 19.1 Å². The van der Waals surface area contributed by atoms with E-state index < -0.39 is 29.4 Å². The molecule has 3 rings (SSSR count). The number of Topliss-reactive ketones (excluding diaryl/α,β-unsaturated/α-hetero) is 1. The van der Waals surface area contributed by atoms with Crippen LogP contribution in [0.15, 0.2) is 36.4 Å². The SMILES string of the molecule is CC(=O)c1ccc(N2CC[NH+]([C@@H](C)C(=O)Nc3ccc(F)c(F)c3F)CC2)cc1. The van der Waals surface area contributed by atoms with E-state index in [1.165, 1.54) is 6.92 Å². The Morgan fingerprint density at radius 1 is 1.00 bits per heavy atom. The van der Waals surface area contributed by atoms with Gasteiger partial charge in [0.15, 0.2) is 29.3 Å². The van der Waals surface area contributed by atoms with Gasteiger partial charge in [0, 0.05) is 11.3 Å². The van der Waals surface area contributed by atoms with Crippen molar-refractivity contribution in [3.8, 4) is 0 Å². The molecule has 2 aromatic carbocycles. The number of amides is 1. The average molecular weight is 406 g/mol. The number of nitrogens with one attached hydrogen (secondary N) is 2. The summed E-state index contributed by atoms with van der Waals surface area (Å²) in [4.78, 5) is 27.0. The van der Waals surface area contributed by atoms with Gasteiger partial charge in [-0.15, -0.1) is 0 Å². The number of carbonyl (C=O) groups excluding carboxylic acids is 2. The fourth-order valence-corrected chi connectivity index (χ4v) is 3.44. The van der Waals surface area contributed by atoms with Crippen LogP contribution in [0.3, 0.4) is 0 Å². The van der Waals surface area contributed by atoms with Crippen LogP contribution in [0, 0.1) is 17.5 Å². The fraction of sp³-hybridized carbons (Fsp3) is 0.333. The topological polar surface area (TPSA) is 53.9 Å². The van der Waals surface area contributed by atoms with Gasteiger partial charge in [-0.1, -0.05) is 0 Å². The molecule has 0 saturated carbocycles. The average Bonchev–Trinajstić information content (AvgIpc) is 2.73. The molecule has 1 fully saturated rings. The molecule has 0 bridgehead atoms. The van der Waals surface area contributed by atoms with Crippen molar-refractivity contribution >= 4 is 23.1 Å². The minimum absolute atomic E-state index is 0.0168. The van der Waals surface area contributed by atoms with Crippen LogP contribution in [0.25, 0.3) is 0 Å². The predicted molar refractivity (Wildman–Crippen MR) is 104 cm³/mol. The van der Waals surface area contributed by atoms with Crippen molar-refractivity contribution in [2.75, 3.05) is 36.4 Å². The van der Waals surface area contributed by atoms with E-state index in [9.17, 15) is 22.8 Å². The van der Waals surface area contributed by atoms with Crippen LogP contribution < -0.4 is 15.1 Å². The van der Waals surface area contributed by atoms with Gasteiger partial charge < -0.3 is 15.1 Å². The zero-order valence-electron chi connectivity index (χ0n) is 16.3. The second kappa shape index (κ2) is 8.65. The van der Waals surface area contributed by atoms with Gasteiger partial charge in [-0.2, -0.15) is 0 Å². The number of benzene rings is 2. The monoisotopic (exact) mass is 406 g/mol. The van der Waals surface area contributed by atoms with Crippen molar-refractivity contribution in [1.29, 1.82) is 0 Å². The molecular formula is C21H23F3N3O2+. The van der Waals surface area contributed by atoms with Gasteiger partial charge in [0.25, 0.3) is 5.91 Å². The normalized spacial score (nSPS) is 15.8. The van der Waals surface area contributed by atoms with Gasteiger partial charge >= 0.3 is 0 Å². The molecule has 29 heavy (non-hydrogen) atoms. The van der Waals surface area contributed by atoms with E-state index in [4.69, 9.17) is 0 Å². The molecule has 154 valence electrons. The molecule has 1 aliphatic heterocycles. The zero-order chi connectivity index (χ0) is 21.1. The summed E-state index contributed by atoms with van der Waals surface area (Å²) in [6.07, 6.45) is 0. The number of halogens is 3. The summed E-state index contributed by atoms with van der Waals surface area (Å²) in [6.45, 7) is 6.04. The van der Waals surface area contributed by atoms with Gasteiger partial charge in [-0.3, -0.25) is 9.59 Å². The number of ketones is 1. The highest BCUT2D eigenvalue weighted by atomic mass is 19.2. The molecule has 0 radical (unpaired) electrons. The third-order valence-corrected chi connectivity index (χ3v) is 5.34. The molecule has 0 aromatic heterocycles. The number of piperazine rings is 1. The summed E-state index contributed by atoms with van der Waals surface area (Å²) >= 11 is 0. The molecule has 2 aromatic rings.